The van der Waals surface area contributed by atoms with E-state index in [2.05, 4.69) is 9.80 Å². The van der Waals surface area contributed by atoms with E-state index >= 15 is 0 Å². The van der Waals surface area contributed by atoms with Gasteiger partial charge in [-0.15, -0.1) is 0 Å². The number of carbonyl (C=O) groups excluding carboxylic acids is 1. The number of aryl methyl sites for hydroxylation is 1. The number of hydrogen-bond acceptors (Lipinski definition) is 2. The molecule has 0 N–H and O–H groups in total. The monoisotopic (exact) mass is 318 g/mol. The summed E-state index contributed by atoms with van der Waals surface area (Å²) in [4.78, 5) is 16.9. The molecule has 3 rings (SSSR count). The van der Waals surface area contributed by atoms with Gasteiger partial charge in [-0.05, 0) is 49.9 Å². The molecular formula is C19H27FN2O. The minimum absolute atomic E-state index is 0.170. The van der Waals surface area contributed by atoms with Crippen molar-refractivity contribution < 1.29 is 9.18 Å². The number of rotatable bonds is 5. The molecular weight excluding hydrogens is 291 g/mol. The molecule has 2 aliphatic rings. The van der Waals surface area contributed by atoms with Crippen molar-refractivity contribution in [2.45, 2.75) is 38.5 Å². The van der Waals surface area contributed by atoms with Gasteiger partial charge in [-0.1, -0.05) is 25.0 Å². The van der Waals surface area contributed by atoms with Crippen LogP contribution in [0.3, 0.4) is 0 Å². The summed E-state index contributed by atoms with van der Waals surface area (Å²) in [7, 11) is 0. The highest BCUT2D eigenvalue weighted by atomic mass is 19.1. The fraction of sp³-hybridized carbons (Fsp3) is 0.632. The van der Waals surface area contributed by atoms with E-state index in [1.54, 1.807) is 0 Å². The Balaban J connectivity index is 1.36. The van der Waals surface area contributed by atoms with Crippen LogP contribution in [-0.2, 0) is 11.2 Å². The standard InChI is InChI=1S/C19H27FN2O/c20-18-9-7-16(8-10-18)4-3-11-21-12-14-22(15-13-21)19(23)17-5-1-2-6-17/h7-10,17H,1-6,11-15H2. The lowest BCUT2D eigenvalue weighted by Gasteiger charge is -2.36. The molecule has 23 heavy (non-hydrogen) atoms. The molecule has 3 nitrogen and oxygen atoms in total. The van der Waals surface area contributed by atoms with Gasteiger partial charge in [-0.25, -0.2) is 4.39 Å². The number of halogens is 1. The van der Waals surface area contributed by atoms with E-state index in [-0.39, 0.29) is 5.82 Å². The Bertz CT molecular complexity index is 503. The van der Waals surface area contributed by atoms with E-state index < -0.39 is 0 Å². The van der Waals surface area contributed by atoms with E-state index in [1.165, 1.54) is 30.5 Å². The fourth-order valence-corrected chi connectivity index (χ4v) is 3.78. The van der Waals surface area contributed by atoms with Crippen molar-refractivity contribution in [2.24, 2.45) is 5.92 Å². The van der Waals surface area contributed by atoms with Crippen LogP contribution in [-0.4, -0.2) is 48.4 Å². The average molecular weight is 318 g/mol. The van der Waals surface area contributed by atoms with Crippen LogP contribution in [0.15, 0.2) is 24.3 Å². The summed E-state index contributed by atoms with van der Waals surface area (Å²) >= 11 is 0. The third-order valence-corrected chi connectivity index (χ3v) is 5.24. The summed E-state index contributed by atoms with van der Waals surface area (Å²) in [6.45, 7) is 4.80. The second-order valence-corrected chi connectivity index (χ2v) is 6.88. The zero-order valence-electron chi connectivity index (χ0n) is 13.8. The van der Waals surface area contributed by atoms with E-state index in [1.807, 2.05) is 12.1 Å². The first-order valence-corrected chi connectivity index (χ1v) is 8.98. The Morgan fingerprint density at radius 2 is 1.70 bits per heavy atom. The number of carbonyl (C=O) groups is 1. The maximum absolute atomic E-state index is 12.9. The summed E-state index contributed by atoms with van der Waals surface area (Å²) in [6.07, 6.45) is 6.71. The molecule has 1 saturated heterocycles. The van der Waals surface area contributed by atoms with Crippen molar-refractivity contribution in [1.82, 2.24) is 9.80 Å². The fourth-order valence-electron chi connectivity index (χ4n) is 3.78. The molecule has 1 aromatic carbocycles. The normalized spacial score (nSPS) is 20.1. The van der Waals surface area contributed by atoms with Gasteiger partial charge in [0.15, 0.2) is 0 Å². The predicted octanol–water partition coefficient (Wildman–Crippen LogP) is 3.09. The van der Waals surface area contributed by atoms with Crippen LogP contribution in [0.2, 0.25) is 0 Å². The molecule has 1 aliphatic carbocycles. The Labute approximate surface area is 138 Å². The molecule has 126 valence electrons. The highest BCUT2D eigenvalue weighted by Gasteiger charge is 2.29. The number of nitrogens with zero attached hydrogens (tertiary/aromatic N) is 2. The summed E-state index contributed by atoms with van der Waals surface area (Å²) in [6, 6.07) is 6.80. The maximum atomic E-state index is 12.9. The van der Waals surface area contributed by atoms with Crippen LogP contribution in [0.1, 0.15) is 37.7 Å². The van der Waals surface area contributed by atoms with Crippen LogP contribution in [0.4, 0.5) is 4.39 Å². The summed E-state index contributed by atoms with van der Waals surface area (Å²) in [5.74, 6) is 0.533. The van der Waals surface area contributed by atoms with Crippen LogP contribution in [0.5, 0.6) is 0 Å². The molecule has 0 radical (unpaired) electrons. The van der Waals surface area contributed by atoms with Crippen molar-refractivity contribution >= 4 is 5.91 Å². The van der Waals surface area contributed by atoms with Gasteiger partial charge in [0, 0.05) is 32.1 Å². The number of benzene rings is 1. The SMILES string of the molecule is O=C(C1CCCC1)N1CCN(CCCc2ccc(F)cc2)CC1. The van der Waals surface area contributed by atoms with Gasteiger partial charge in [0.2, 0.25) is 5.91 Å². The second kappa shape index (κ2) is 7.91. The van der Waals surface area contributed by atoms with Gasteiger partial charge in [0.25, 0.3) is 0 Å². The van der Waals surface area contributed by atoms with Crippen LogP contribution >= 0.6 is 0 Å². The van der Waals surface area contributed by atoms with Crippen molar-refractivity contribution in [3.8, 4) is 0 Å². The van der Waals surface area contributed by atoms with Gasteiger partial charge in [-0.2, -0.15) is 0 Å². The minimum atomic E-state index is -0.170. The molecule has 1 aliphatic heterocycles. The van der Waals surface area contributed by atoms with Crippen LogP contribution < -0.4 is 0 Å². The summed E-state index contributed by atoms with van der Waals surface area (Å²) < 4.78 is 12.9. The molecule has 1 saturated carbocycles. The first-order valence-electron chi connectivity index (χ1n) is 8.98. The zero-order valence-corrected chi connectivity index (χ0v) is 13.8. The quantitative estimate of drug-likeness (QED) is 0.833. The Morgan fingerprint density at radius 3 is 2.35 bits per heavy atom. The lowest BCUT2D eigenvalue weighted by Crippen LogP contribution is -2.50. The van der Waals surface area contributed by atoms with E-state index in [0.717, 1.165) is 58.4 Å². The summed E-state index contributed by atoms with van der Waals surface area (Å²) in [5.41, 5.74) is 1.20. The highest BCUT2D eigenvalue weighted by molar-refractivity contribution is 5.79. The Kier molecular flexibility index (Phi) is 5.65. The highest BCUT2D eigenvalue weighted by Crippen LogP contribution is 2.26. The van der Waals surface area contributed by atoms with Crippen molar-refractivity contribution in [3.05, 3.63) is 35.6 Å². The Hall–Kier alpha value is -1.42. The van der Waals surface area contributed by atoms with Gasteiger partial charge in [-0.3, -0.25) is 9.69 Å². The van der Waals surface area contributed by atoms with E-state index in [0.29, 0.717) is 11.8 Å². The van der Waals surface area contributed by atoms with Crippen molar-refractivity contribution in [2.75, 3.05) is 32.7 Å². The molecule has 4 heteroatoms. The largest absolute Gasteiger partial charge is 0.340 e. The van der Waals surface area contributed by atoms with E-state index in [4.69, 9.17) is 0 Å². The maximum Gasteiger partial charge on any atom is 0.225 e. The van der Waals surface area contributed by atoms with Crippen molar-refractivity contribution in [1.29, 1.82) is 0 Å². The number of hydrogen-bond donors (Lipinski definition) is 0. The second-order valence-electron chi connectivity index (χ2n) is 6.88. The third kappa shape index (κ3) is 4.54. The third-order valence-electron chi connectivity index (χ3n) is 5.24. The summed E-state index contributed by atoms with van der Waals surface area (Å²) in [5, 5.41) is 0. The molecule has 2 fully saturated rings. The molecule has 0 atom stereocenters. The molecule has 0 aromatic heterocycles. The molecule has 0 spiro atoms. The van der Waals surface area contributed by atoms with Crippen molar-refractivity contribution in [3.63, 3.8) is 0 Å². The molecule has 0 bridgehead atoms. The van der Waals surface area contributed by atoms with Gasteiger partial charge < -0.3 is 4.90 Å². The van der Waals surface area contributed by atoms with Gasteiger partial charge >= 0.3 is 0 Å². The molecule has 1 aromatic rings. The first kappa shape index (κ1) is 16.4. The van der Waals surface area contributed by atoms with E-state index in [9.17, 15) is 9.18 Å². The molecule has 1 amide bonds. The smallest absolute Gasteiger partial charge is 0.225 e. The first-order chi connectivity index (χ1) is 11.2. The molecule has 1 heterocycles. The Morgan fingerprint density at radius 1 is 1.04 bits per heavy atom. The predicted molar refractivity (Wildman–Crippen MR) is 89.7 cm³/mol. The molecule has 0 unspecified atom stereocenters. The van der Waals surface area contributed by atoms with Gasteiger partial charge in [0.1, 0.15) is 5.82 Å². The number of piperazine rings is 1. The minimum Gasteiger partial charge on any atom is -0.340 e. The number of amides is 1. The van der Waals surface area contributed by atoms with Crippen LogP contribution in [0.25, 0.3) is 0 Å². The topological polar surface area (TPSA) is 23.6 Å². The van der Waals surface area contributed by atoms with Gasteiger partial charge in [0.05, 0.1) is 0 Å². The lowest BCUT2D eigenvalue weighted by molar-refractivity contribution is -0.137. The lowest BCUT2D eigenvalue weighted by atomic mass is 10.1. The average Bonchev–Trinajstić information content (AvgIpc) is 3.11. The zero-order chi connectivity index (χ0) is 16.1. The van der Waals surface area contributed by atoms with Crippen LogP contribution in [0, 0.1) is 11.7 Å².